The van der Waals surface area contributed by atoms with Crippen LogP contribution in [0.5, 0.6) is 0 Å². The fourth-order valence-corrected chi connectivity index (χ4v) is 13.7. The molecule has 12 atom stereocenters. The Balaban J connectivity index is 1.26. The van der Waals surface area contributed by atoms with E-state index in [1.54, 1.807) is 96.3 Å². The minimum absolute atomic E-state index is 0.0349. The summed E-state index contributed by atoms with van der Waals surface area (Å²) in [7, 11) is 0. The summed E-state index contributed by atoms with van der Waals surface area (Å²) in [5.74, 6) is -15.8. The van der Waals surface area contributed by atoms with Crippen LogP contribution in [-0.2, 0) is 86.4 Å². The first-order valence-electron chi connectivity index (χ1n) is 37.8. The molecule has 1 fully saturated rings. The Kier molecular flexibility index (Phi) is 34.3. The molecule has 1 aliphatic rings. The van der Waals surface area contributed by atoms with Gasteiger partial charge in [-0.15, -0.1) is 11.8 Å². The lowest BCUT2D eigenvalue weighted by Gasteiger charge is -2.29. The molecule has 1 aliphatic heterocycles. The highest BCUT2D eigenvalue weighted by molar-refractivity contribution is 8.00. The number of rotatable bonds is 22. The number of nitrogens with two attached hydrogens (primary N) is 4. The van der Waals surface area contributed by atoms with E-state index in [9.17, 15) is 57.8 Å². The van der Waals surface area contributed by atoms with Crippen molar-refractivity contribution >= 4 is 127 Å². The smallest absolute Gasteiger partial charge is 0.245 e. The Morgan fingerprint density at radius 2 is 0.902 bits per heavy atom. The lowest BCUT2D eigenvalue weighted by atomic mass is 9.96. The van der Waals surface area contributed by atoms with E-state index < -0.39 is 192 Å². The van der Waals surface area contributed by atoms with Crippen molar-refractivity contribution in [3.05, 3.63) is 132 Å². The number of thioether (sulfide) groups is 1. The molecule has 2 heterocycles. The van der Waals surface area contributed by atoms with Crippen LogP contribution in [0.15, 0.2) is 115 Å². The summed E-state index contributed by atoms with van der Waals surface area (Å²) in [6.45, 7) is 8.38. The van der Waals surface area contributed by atoms with E-state index in [4.69, 9.17) is 22.9 Å². The van der Waals surface area contributed by atoms with Gasteiger partial charge in [0.15, 0.2) is 0 Å². The van der Waals surface area contributed by atoms with Gasteiger partial charge in [0.25, 0.3) is 0 Å². The predicted octanol–water partition coefficient (Wildman–Crippen LogP) is -0.333. The minimum atomic E-state index is -1.81. The molecule has 33 heteroatoms. The van der Waals surface area contributed by atoms with Crippen LogP contribution in [0.25, 0.3) is 32.4 Å². The molecule has 32 nitrogen and oxygen atoms in total. The van der Waals surface area contributed by atoms with Gasteiger partial charge in [-0.2, -0.15) is 0 Å². The lowest BCUT2D eigenvalue weighted by molar-refractivity contribution is -0.137. The second-order valence-corrected chi connectivity index (χ2v) is 29.9. The van der Waals surface area contributed by atoms with Gasteiger partial charge in [-0.25, -0.2) is 0 Å². The van der Waals surface area contributed by atoms with Gasteiger partial charge in [-0.05, 0) is 114 Å². The number of carbonyl (C=O) groups is 14. The maximum absolute atomic E-state index is 15.0. The Morgan fingerprint density at radius 1 is 0.464 bits per heavy atom. The van der Waals surface area contributed by atoms with Crippen molar-refractivity contribution in [1.29, 1.82) is 0 Å². The van der Waals surface area contributed by atoms with E-state index in [2.05, 4.69) is 68.8 Å². The van der Waals surface area contributed by atoms with Crippen molar-refractivity contribution in [2.24, 2.45) is 40.7 Å². The fourth-order valence-electron chi connectivity index (χ4n) is 12.9. The minimum Gasteiger partial charge on any atom is -0.394 e. The fraction of sp³-hybridized carbons (Fsp3) is 0.468. The summed E-state index contributed by atoms with van der Waals surface area (Å²) < 4.78 is 0. The number of aliphatic hydroxyl groups is 1. The highest BCUT2D eigenvalue weighted by atomic mass is 32.2. The maximum Gasteiger partial charge on any atom is 0.245 e. The number of fused-ring (bicyclic) bond motifs is 3. The first kappa shape index (κ1) is 88.2. The molecule has 0 bridgehead atoms. The summed E-state index contributed by atoms with van der Waals surface area (Å²) in [5.41, 5.74) is 25.7. The number of hydrogen-bond acceptors (Lipinski definition) is 18. The van der Waals surface area contributed by atoms with Crippen LogP contribution < -0.4 is 86.7 Å². The first-order valence-corrected chi connectivity index (χ1v) is 38.9. The van der Waals surface area contributed by atoms with Gasteiger partial charge in [0, 0.05) is 42.1 Å². The molecule has 0 spiro atoms. The Labute approximate surface area is 654 Å². The number of amides is 14. The molecule has 1 saturated heterocycles. The zero-order chi connectivity index (χ0) is 81.7. The Bertz CT molecular complexity index is 4330. The first-order chi connectivity index (χ1) is 53.5. The van der Waals surface area contributed by atoms with Crippen molar-refractivity contribution < 1.29 is 72.2 Å². The van der Waals surface area contributed by atoms with E-state index in [-0.39, 0.29) is 70.2 Å². The third-order valence-corrected chi connectivity index (χ3v) is 20.5. The van der Waals surface area contributed by atoms with Gasteiger partial charge in [-0.1, -0.05) is 151 Å². The molecule has 1 aromatic heterocycles. The number of aromatic nitrogens is 1. The zero-order valence-electron chi connectivity index (χ0n) is 64.0. The number of hydrogen-bond donors (Lipinski definition) is 18. The average molecular weight is 1570 g/mol. The van der Waals surface area contributed by atoms with Gasteiger partial charge >= 0.3 is 0 Å². The number of nitrogens with one attached hydrogen (secondary N) is 13. The van der Waals surface area contributed by atoms with Crippen molar-refractivity contribution in [3.8, 4) is 0 Å². The van der Waals surface area contributed by atoms with Crippen LogP contribution in [0.2, 0.25) is 0 Å². The van der Waals surface area contributed by atoms with E-state index in [0.717, 1.165) is 33.3 Å². The van der Waals surface area contributed by atoms with Crippen molar-refractivity contribution in [2.75, 3.05) is 37.7 Å². The number of carbonyl (C=O) groups excluding carboxylic acids is 14. The summed E-state index contributed by atoms with van der Waals surface area (Å²) >= 11 is 0.874. The normalized spacial score (nSPS) is 23.2. The molecule has 14 amide bonds. The van der Waals surface area contributed by atoms with Crippen molar-refractivity contribution in [3.63, 3.8) is 0 Å². The van der Waals surface area contributed by atoms with Gasteiger partial charge in [0.2, 0.25) is 82.7 Å². The molecular weight excluding hydrogens is 1460 g/mol. The van der Waals surface area contributed by atoms with E-state index in [0.29, 0.717) is 40.4 Å². The third-order valence-electron chi connectivity index (χ3n) is 19.4. The molecule has 0 unspecified atom stereocenters. The Hall–Kier alpha value is -11.0. The summed E-state index contributed by atoms with van der Waals surface area (Å²) in [6.07, 6.45) is 1.70. The molecule has 22 N–H and O–H groups in total. The number of para-hydroxylation sites is 1. The van der Waals surface area contributed by atoms with Crippen molar-refractivity contribution in [2.45, 2.75) is 179 Å². The van der Waals surface area contributed by atoms with Crippen LogP contribution in [0.3, 0.4) is 0 Å². The summed E-state index contributed by atoms with van der Waals surface area (Å²) in [6, 6.07) is 16.1. The largest absolute Gasteiger partial charge is 0.394 e. The quantitative estimate of drug-likeness (QED) is 0.0387. The average Bonchev–Trinajstić information content (AvgIpc) is 1.53. The molecular formula is C79H107N17O15S. The lowest BCUT2D eigenvalue weighted by Crippen LogP contribution is -2.62. The molecule has 0 radical (unpaired) electrons. The van der Waals surface area contributed by atoms with Crippen LogP contribution in [0, 0.1) is 17.8 Å². The van der Waals surface area contributed by atoms with E-state index in [1.165, 1.54) is 0 Å². The summed E-state index contributed by atoms with van der Waals surface area (Å²) in [5, 5.41) is 46.2. The SMILES string of the molecule is CC[C@H](C)[C@@H]1NC(=O)[C@@H](Cc2ccc3ccccc3c2)NC(=O)CSC[C@@H](C(N)=O)NC(=O)[C@H](C(C)C)NC(=O)[C@H](Cc2c[nH]c3ccccc23)NC(=O)[C@H](CCCCN)NC(=O)[C@H](C(C)C)NC(=O)[C@H](Cc2ccc3ccccc3c2)NC(=O)[C@H](CC(N)=O)NC(=O)[C@H](CCCCN)NC(=O)CNC(=O)[C@H](CO)NC1=O. The molecule has 112 heavy (non-hydrogen) atoms. The third kappa shape index (κ3) is 26.3. The monoisotopic (exact) mass is 1570 g/mol. The van der Waals surface area contributed by atoms with E-state index >= 15 is 14.4 Å². The molecule has 0 saturated carbocycles. The standard InChI is InChI=1S/C79H107N17O15S/c1-7-45(6)68-79(111)92-61(40-97)70(102)85-39-64(99)86-55(24-14-16-30-80)71(103)91-60(37-63(82)98)73(105)89-58(35-47-27-29-49-19-9-11-21-51(49)33-47)75(107)94-66(43(2)3)77(109)88-56(25-15-17-31-81)72(104)90-59(36-52-38-84-54-23-13-12-22-53(52)54)76(108)95-67(44(4)5)78(110)93-62(69(83)101)41-112-42-65(100)87-57(74(106)96-68)34-46-26-28-48-18-8-10-20-50(48)32-46/h8-13,18-23,26-29,32-33,38,43-45,55-62,66-68,84,97H,7,14-17,24-25,30-31,34-37,39-42,80-81H2,1-6H3,(H2,82,98)(H2,83,101)(H,85,102)(H,86,99)(H,87,100)(H,88,109)(H,89,105)(H,90,104)(H,91,103)(H,92,111)(H,93,110)(H,94,107)(H,95,108)(H,96,106)/t45-,55-,56-,57+,58-,59-,60-,61-,62-,66-,67-,68-/m0/s1. The molecule has 7 rings (SSSR count). The number of H-pyrrole nitrogens is 1. The number of unbranched alkanes of at least 4 members (excludes halogenated alkanes) is 2. The van der Waals surface area contributed by atoms with Crippen LogP contribution in [0.1, 0.15) is 110 Å². The van der Waals surface area contributed by atoms with Crippen LogP contribution >= 0.6 is 11.8 Å². The van der Waals surface area contributed by atoms with Crippen molar-refractivity contribution in [1.82, 2.24) is 68.8 Å². The van der Waals surface area contributed by atoms with Gasteiger partial charge in [0.1, 0.15) is 66.5 Å². The second-order valence-electron chi connectivity index (χ2n) is 28.8. The molecule has 604 valence electrons. The highest BCUT2D eigenvalue weighted by Gasteiger charge is 2.39. The van der Waals surface area contributed by atoms with Crippen LogP contribution in [-0.4, -0.2) is 197 Å². The van der Waals surface area contributed by atoms with Gasteiger partial charge < -0.3 is 96.8 Å². The summed E-state index contributed by atoms with van der Waals surface area (Å²) in [4.78, 5) is 204. The number of benzene rings is 5. The molecule has 0 aliphatic carbocycles. The number of aliphatic hydroxyl groups excluding tert-OH is 1. The number of aromatic amines is 1. The van der Waals surface area contributed by atoms with Crippen LogP contribution in [0.4, 0.5) is 0 Å². The van der Waals surface area contributed by atoms with Gasteiger partial charge in [-0.3, -0.25) is 67.1 Å². The molecule has 6 aromatic rings. The predicted molar refractivity (Wildman–Crippen MR) is 424 cm³/mol. The zero-order valence-corrected chi connectivity index (χ0v) is 64.8. The van der Waals surface area contributed by atoms with E-state index in [1.807, 2.05) is 60.7 Å². The highest BCUT2D eigenvalue weighted by Crippen LogP contribution is 2.23. The second kappa shape index (κ2) is 43.5. The molecule has 5 aromatic carbocycles. The number of primary amides is 2. The topological polar surface area (TPSA) is 523 Å². The Morgan fingerprint density at radius 3 is 1.42 bits per heavy atom. The van der Waals surface area contributed by atoms with Gasteiger partial charge in [0.05, 0.1) is 25.3 Å². The maximum atomic E-state index is 15.0.